The van der Waals surface area contributed by atoms with E-state index in [1.807, 2.05) is 6.07 Å². The van der Waals surface area contributed by atoms with E-state index in [1.165, 1.54) is 7.11 Å². The highest BCUT2D eigenvalue weighted by Gasteiger charge is 2.17. The second kappa shape index (κ2) is 7.49. The van der Waals surface area contributed by atoms with Gasteiger partial charge in [-0.2, -0.15) is 0 Å². The van der Waals surface area contributed by atoms with Gasteiger partial charge in [0, 0.05) is 20.1 Å². The highest BCUT2D eigenvalue weighted by Crippen LogP contribution is 2.37. The normalized spacial score (nSPS) is 15.2. The number of benzene rings is 1. The summed E-state index contributed by atoms with van der Waals surface area (Å²) in [5.41, 5.74) is 6.47. The number of carbonyl (C=O) groups excluding carboxylic acids is 1. The molecule has 0 saturated heterocycles. The van der Waals surface area contributed by atoms with E-state index in [-0.39, 0.29) is 12.5 Å². The third-order valence-electron chi connectivity index (χ3n) is 3.01. The van der Waals surface area contributed by atoms with E-state index in [0.717, 1.165) is 12.0 Å². The molecule has 0 spiro atoms. The molecule has 7 heteroatoms. The minimum Gasteiger partial charge on any atom is -0.489 e. The molecule has 21 heavy (non-hydrogen) atoms. The van der Waals surface area contributed by atoms with Gasteiger partial charge in [-0.05, 0) is 17.7 Å². The standard InChI is InChI=1S/C14H19ClN2O4/c1-19-8-11(16)14(18)17-7-9-5-10(15)13-12(6-9)20-3-2-4-21-13/h5-6,11H,2-4,7-8,16H2,1H3,(H,17,18). The molecule has 0 bridgehead atoms. The van der Waals surface area contributed by atoms with Crippen LogP contribution in [-0.4, -0.2) is 38.9 Å². The molecule has 1 heterocycles. The van der Waals surface area contributed by atoms with Crippen LogP contribution in [0.1, 0.15) is 12.0 Å². The Hall–Kier alpha value is -1.50. The number of hydrogen-bond acceptors (Lipinski definition) is 5. The minimum atomic E-state index is -0.689. The fourth-order valence-electron chi connectivity index (χ4n) is 1.96. The van der Waals surface area contributed by atoms with Crippen LogP contribution in [0.4, 0.5) is 0 Å². The molecule has 0 aliphatic carbocycles. The van der Waals surface area contributed by atoms with E-state index in [1.54, 1.807) is 6.07 Å². The molecule has 1 atom stereocenters. The Kier molecular flexibility index (Phi) is 5.67. The van der Waals surface area contributed by atoms with Crippen LogP contribution >= 0.6 is 11.6 Å². The van der Waals surface area contributed by atoms with Gasteiger partial charge in [0.2, 0.25) is 5.91 Å². The summed E-state index contributed by atoms with van der Waals surface area (Å²) in [6.07, 6.45) is 0.808. The topological polar surface area (TPSA) is 82.8 Å². The van der Waals surface area contributed by atoms with Gasteiger partial charge >= 0.3 is 0 Å². The molecule has 2 rings (SSSR count). The largest absolute Gasteiger partial charge is 0.489 e. The second-order valence-electron chi connectivity index (χ2n) is 4.74. The summed E-state index contributed by atoms with van der Waals surface area (Å²) >= 11 is 6.19. The Balaban J connectivity index is 2.03. The molecule has 0 fully saturated rings. The first-order chi connectivity index (χ1) is 10.1. The summed E-state index contributed by atoms with van der Waals surface area (Å²) in [7, 11) is 1.50. The van der Waals surface area contributed by atoms with E-state index >= 15 is 0 Å². The lowest BCUT2D eigenvalue weighted by molar-refractivity contribution is -0.123. The highest BCUT2D eigenvalue weighted by molar-refractivity contribution is 6.32. The number of methoxy groups -OCH3 is 1. The van der Waals surface area contributed by atoms with Crippen LogP contribution in [0, 0.1) is 0 Å². The molecule has 0 aromatic heterocycles. The maximum atomic E-state index is 11.7. The molecule has 116 valence electrons. The maximum absolute atomic E-state index is 11.7. The average Bonchev–Trinajstić information content (AvgIpc) is 2.70. The number of nitrogens with one attached hydrogen (secondary N) is 1. The Morgan fingerprint density at radius 1 is 1.48 bits per heavy atom. The van der Waals surface area contributed by atoms with Crippen molar-refractivity contribution in [1.82, 2.24) is 5.32 Å². The zero-order valence-electron chi connectivity index (χ0n) is 11.9. The quantitative estimate of drug-likeness (QED) is 0.850. The third kappa shape index (κ3) is 4.23. The predicted octanol–water partition coefficient (Wildman–Crippen LogP) is 1.09. The molecule has 1 aromatic rings. The van der Waals surface area contributed by atoms with Crippen LogP contribution in [0.25, 0.3) is 0 Å². The molecule has 3 N–H and O–H groups in total. The molecule has 6 nitrogen and oxygen atoms in total. The maximum Gasteiger partial charge on any atom is 0.239 e. The van der Waals surface area contributed by atoms with Crippen molar-refractivity contribution in [2.75, 3.05) is 26.9 Å². The lowest BCUT2D eigenvalue weighted by Gasteiger charge is -2.14. The van der Waals surface area contributed by atoms with Crippen LogP contribution < -0.4 is 20.5 Å². The van der Waals surface area contributed by atoms with Crippen LogP contribution in [0.5, 0.6) is 11.5 Å². The lowest BCUT2D eigenvalue weighted by atomic mass is 10.2. The van der Waals surface area contributed by atoms with Crippen molar-refractivity contribution < 1.29 is 19.0 Å². The number of nitrogens with two attached hydrogens (primary N) is 1. The molecule has 1 aliphatic heterocycles. The number of fused-ring (bicyclic) bond motifs is 1. The van der Waals surface area contributed by atoms with Crippen LogP contribution in [-0.2, 0) is 16.1 Å². The molecule has 0 radical (unpaired) electrons. The Morgan fingerprint density at radius 3 is 3.00 bits per heavy atom. The smallest absolute Gasteiger partial charge is 0.239 e. The fourth-order valence-corrected chi connectivity index (χ4v) is 2.25. The molecule has 0 saturated carbocycles. The monoisotopic (exact) mass is 314 g/mol. The predicted molar refractivity (Wildman–Crippen MR) is 78.8 cm³/mol. The van der Waals surface area contributed by atoms with Gasteiger partial charge in [-0.1, -0.05) is 11.6 Å². The van der Waals surface area contributed by atoms with Crippen molar-refractivity contribution in [2.24, 2.45) is 5.73 Å². The Labute approximate surface area is 128 Å². The minimum absolute atomic E-state index is 0.174. The summed E-state index contributed by atoms with van der Waals surface area (Å²) < 4.78 is 16.0. The van der Waals surface area contributed by atoms with Gasteiger partial charge in [-0.25, -0.2) is 0 Å². The second-order valence-corrected chi connectivity index (χ2v) is 5.14. The summed E-state index contributed by atoms with van der Waals surface area (Å²) in [6, 6.07) is 2.87. The average molecular weight is 315 g/mol. The van der Waals surface area contributed by atoms with Gasteiger partial charge in [0.25, 0.3) is 0 Å². The first-order valence-electron chi connectivity index (χ1n) is 6.72. The molecule has 1 aromatic carbocycles. The summed E-state index contributed by atoms with van der Waals surface area (Å²) in [4.78, 5) is 11.7. The van der Waals surface area contributed by atoms with Gasteiger partial charge in [-0.3, -0.25) is 4.79 Å². The van der Waals surface area contributed by atoms with Crippen molar-refractivity contribution >= 4 is 17.5 Å². The van der Waals surface area contributed by atoms with Crippen LogP contribution in [0.15, 0.2) is 12.1 Å². The van der Waals surface area contributed by atoms with E-state index in [2.05, 4.69) is 5.32 Å². The molecular formula is C14H19ClN2O4. The summed E-state index contributed by atoms with van der Waals surface area (Å²) in [6.45, 7) is 1.65. The van der Waals surface area contributed by atoms with Gasteiger partial charge < -0.3 is 25.3 Å². The molecule has 1 aliphatic rings. The van der Waals surface area contributed by atoms with E-state index in [4.69, 9.17) is 31.5 Å². The fraction of sp³-hybridized carbons (Fsp3) is 0.500. The van der Waals surface area contributed by atoms with Gasteiger partial charge in [-0.15, -0.1) is 0 Å². The number of halogens is 1. The van der Waals surface area contributed by atoms with E-state index in [9.17, 15) is 4.79 Å². The van der Waals surface area contributed by atoms with Crippen molar-refractivity contribution in [3.63, 3.8) is 0 Å². The summed E-state index contributed by atoms with van der Waals surface area (Å²) in [5.74, 6) is 0.880. The first kappa shape index (κ1) is 15.9. The molecular weight excluding hydrogens is 296 g/mol. The van der Waals surface area contributed by atoms with E-state index in [0.29, 0.717) is 36.3 Å². The number of amides is 1. The Morgan fingerprint density at radius 2 is 2.24 bits per heavy atom. The van der Waals surface area contributed by atoms with Crippen molar-refractivity contribution in [2.45, 2.75) is 19.0 Å². The van der Waals surface area contributed by atoms with Gasteiger partial charge in [0.1, 0.15) is 6.04 Å². The number of hydrogen-bond donors (Lipinski definition) is 2. The zero-order valence-corrected chi connectivity index (χ0v) is 12.6. The first-order valence-corrected chi connectivity index (χ1v) is 7.10. The number of carbonyl (C=O) groups is 1. The van der Waals surface area contributed by atoms with E-state index < -0.39 is 6.04 Å². The van der Waals surface area contributed by atoms with Gasteiger partial charge in [0.05, 0.1) is 24.8 Å². The van der Waals surface area contributed by atoms with Crippen LogP contribution in [0.2, 0.25) is 5.02 Å². The van der Waals surface area contributed by atoms with Crippen molar-refractivity contribution in [3.05, 3.63) is 22.7 Å². The van der Waals surface area contributed by atoms with Crippen LogP contribution in [0.3, 0.4) is 0 Å². The Bertz CT molecular complexity index is 510. The number of rotatable bonds is 5. The van der Waals surface area contributed by atoms with Crippen molar-refractivity contribution in [1.29, 1.82) is 0 Å². The lowest BCUT2D eigenvalue weighted by Crippen LogP contribution is -2.43. The summed E-state index contributed by atoms with van der Waals surface area (Å²) in [5, 5.41) is 3.21. The zero-order chi connectivity index (χ0) is 15.2. The van der Waals surface area contributed by atoms with Crippen molar-refractivity contribution in [3.8, 4) is 11.5 Å². The third-order valence-corrected chi connectivity index (χ3v) is 3.29. The SMILES string of the molecule is COCC(N)C(=O)NCc1cc(Cl)c2c(c1)OCCCO2. The number of ether oxygens (including phenoxy) is 3. The highest BCUT2D eigenvalue weighted by atomic mass is 35.5. The molecule has 1 amide bonds. The molecule has 1 unspecified atom stereocenters. The van der Waals surface area contributed by atoms with Gasteiger partial charge in [0.15, 0.2) is 11.5 Å².